The first-order valence-electron chi connectivity index (χ1n) is 6.56. The van der Waals surface area contributed by atoms with Gasteiger partial charge in [0, 0.05) is 6.42 Å². The monoisotopic (exact) mass is 267 g/mol. The molecule has 1 rings (SSSR count). The van der Waals surface area contributed by atoms with Crippen molar-refractivity contribution in [2.75, 3.05) is 13.2 Å². The molecule has 0 spiro atoms. The van der Waals surface area contributed by atoms with Gasteiger partial charge in [0.15, 0.2) is 8.32 Å². The Bertz CT molecular complexity index is 352. The van der Waals surface area contributed by atoms with E-state index in [0.29, 0.717) is 19.6 Å². The summed E-state index contributed by atoms with van der Waals surface area (Å²) in [5, 5.41) is 0.201. The zero-order valence-electron chi connectivity index (χ0n) is 12.2. The number of rotatable bonds is 4. The summed E-state index contributed by atoms with van der Waals surface area (Å²) in [5.74, 6) is 2.72. The van der Waals surface area contributed by atoms with E-state index < -0.39 is 8.32 Å². The summed E-state index contributed by atoms with van der Waals surface area (Å²) in [6.07, 6.45) is 6.78. The van der Waals surface area contributed by atoms with E-state index >= 15 is 0 Å². The lowest BCUT2D eigenvalue weighted by Crippen LogP contribution is -2.45. The van der Waals surface area contributed by atoms with Gasteiger partial charge < -0.3 is 9.33 Å². The summed E-state index contributed by atoms with van der Waals surface area (Å²) < 4.78 is 6.18. The third-order valence-corrected chi connectivity index (χ3v) is 8.66. The molecule has 18 heavy (non-hydrogen) atoms. The molecule has 1 atom stereocenters. The molecule has 1 fully saturated rings. The molecule has 0 saturated carbocycles. The molecule has 0 N–H and O–H groups in total. The summed E-state index contributed by atoms with van der Waals surface area (Å²) in [6.45, 7) is 12.2. The molecule has 0 aromatic carbocycles. The molecule has 1 saturated heterocycles. The van der Waals surface area contributed by atoms with E-state index in [1.807, 2.05) is 0 Å². The Morgan fingerprint density at radius 2 is 2.11 bits per heavy atom. The van der Waals surface area contributed by atoms with Crippen molar-refractivity contribution in [2.24, 2.45) is 0 Å². The number of hydrogen-bond acceptors (Lipinski definition) is 2. The van der Waals surface area contributed by atoms with Crippen molar-refractivity contribution in [1.82, 2.24) is 4.90 Å². The molecule has 0 aliphatic carbocycles. The first-order valence-corrected chi connectivity index (χ1v) is 9.47. The topological polar surface area (TPSA) is 29.5 Å². The number of amides is 1. The van der Waals surface area contributed by atoms with Gasteiger partial charge in [-0.25, -0.2) is 0 Å². The SMILES string of the molecule is C#CCN1C(=O)CCC1CO[Si](C)(C)C(C)(C)C. The molecule has 1 aliphatic heterocycles. The number of likely N-dealkylation sites (tertiary alicyclic amines) is 1. The van der Waals surface area contributed by atoms with Crippen LogP contribution in [0.25, 0.3) is 0 Å². The van der Waals surface area contributed by atoms with Gasteiger partial charge >= 0.3 is 0 Å². The number of nitrogens with zero attached hydrogens (tertiary/aromatic N) is 1. The summed E-state index contributed by atoms with van der Waals surface area (Å²) in [6, 6.07) is 0.169. The van der Waals surface area contributed by atoms with Gasteiger partial charge in [0.05, 0.1) is 19.2 Å². The van der Waals surface area contributed by atoms with Crippen LogP contribution in [-0.2, 0) is 9.22 Å². The van der Waals surface area contributed by atoms with Crippen molar-refractivity contribution in [3.8, 4) is 12.3 Å². The second-order valence-corrected chi connectivity index (χ2v) is 11.3. The highest BCUT2D eigenvalue weighted by Gasteiger charge is 2.39. The van der Waals surface area contributed by atoms with Crippen molar-refractivity contribution in [3.05, 3.63) is 0 Å². The van der Waals surface area contributed by atoms with Gasteiger partial charge in [-0.3, -0.25) is 4.79 Å². The average molecular weight is 267 g/mol. The standard InChI is InChI=1S/C14H25NO2Si/c1-7-10-15-12(8-9-13(15)16)11-17-18(5,6)14(2,3)4/h1,12H,8-11H2,2-6H3. The fourth-order valence-corrected chi connectivity index (χ4v) is 2.85. The van der Waals surface area contributed by atoms with Gasteiger partial charge in [0.1, 0.15) is 0 Å². The average Bonchev–Trinajstić information content (AvgIpc) is 2.57. The van der Waals surface area contributed by atoms with Crippen LogP contribution in [0.4, 0.5) is 0 Å². The minimum absolute atomic E-state index is 0.164. The molecule has 1 aliphatic rings. The van der Waals surface area contributed by atoms with Crippen molar-refractivity contribution in [1.29, 1.82) is 0 Å². The Hall–Kier alpha value is -0.793. The van der Waals surface area contributed by atoms with E-state index in [9.17, 15) is 4.79 Å². The second-order valence-electron chi connectivity index (χ2n) is 6.49. The largest absolute Gasteiger partial charge is 0.415 e. The van der Waals surface area contributed by atoms with Gasteiger partial charge in [-0.1, -0.05) is 26.7 Å². The molecule has 0 aromatic heterocycles. The van der Waals surface area contributed by atoms with E-state index in [2.05, 4.69) is 39.8 Å². The van der Waals surface area contributed by atoms with E-state index in [4.69, 9.17) is 10.8 Å². The molecular weight excluding hydrogens is 242 g/mol. The maximum Gasteiger partial charge on any atom is 0.223 e. The maximum absolute atomic E-state index is 11.7. The minimum Gasteiger partial charge on any atom is -0.415 e. The smallest absolute Gasteiger partial charge is 0.223 e. The maximum atomic E-state index is 11.7. The van der Waals surface area contributed by atoms with Crippen LogP contribution in [0.1, 0.15) is 33.6 Å². The van der Waals surface area contributed by atoms with Crippen molar-refractivity contribution in [3.63, 3.8) is 0 Å². The summed E-state index contributed by atoms with van der Waals surface area (Å²) in [7, 11) is -1.74. The summed E-state index contributed by atoms with van der Waals surface area (Å²) >= 11 is 0. The van der Waals surface area contributed by atoms with Crippen molar-refractivity contribution >= 4 is 14.2 Å². The van der Waals surface area contributed by atoms with Crippen LogP contribution in [-0.4, -0.2) is 38.3 Å². The number of carbonyl (C=O) groups excluding carboxylic acids is 1. The second kappa shape index (κ2) is 5.46. The summed E-state index contributed by atoms with van der Waals surface area (Å²) in [4.78, 5) is 13.5. The van der Waals surface area contributed by atoms with Crippen LogP contribution in [0.2, 0.25) is 18.1 Å². The normalized spacial score (nSPS) is 21.2. The highest BCUT2D eigenvalue weighted by atomic mass is 28.4. The number of terminal acetylenes is 1. The van der Waals surface area contributed by atoms with Crippen molar-refractivity contribution < 1.29 is 9.22 Å². The van der Waals surface area contributed by atoms with Crippen LogP contribution >= 0.6 is 0 Å². The Labute approximate surface area is 112 Å². The molecule has 4 heteroatoms. The first-order chi connectivity index (χ1) is 8.19. The third kappa shape index (κ3) is 3.36. The molecule has 1 heterocycles. The zero-order chi connectivity index (χ0) is 14.0. The van der Waals surface area contributed by atoms with Gasteiger partial charge in [0.25, 0.3) is 0 Å². The quantitative estimate of drug-likeness (QED) is 0.579. The molecule has 102 valence electrons. The molecule has 0 bridgehead atoms. The lowest BCUT2D eigenvalue weighted by molar-refractivity contribution is -0.128. The third-order valence-electron chi connectivity index (χ3n) is 4.16. The van der Waals surface area contributed by atoms with Crippen LogP contribution in [0.3, 0.4) is 0 Å². The molecular formula is C14H25NO2Si. The lowest BCUT2D eigenvalue weighted by Gasteiger charge is -2.37. The molecule has 3 nitrogen and oxygen atoms in total. The Morgan fingerprint density at radius 1 is 1.50 bits per heavy atom. The Morgan fingerprint density at radius 3 is 2.61 bits per heavy atom. The van der Waals surface area contributed by atoms with Crippen LogP contribution in [0, 0.1) is 12.3 Å². The summed E-state index contributed by atoms with van der Waals surface area (Å²) in [5.41, 5.74) is 0. The van der Waals surface area contributed by atoms with Crippen LogP contribution in [0.15, 0.2) is 0 Å². The fourth-order valence-electron chi connectivity index (χ4n) is 1.80. The predicted molar refractivity (Wildman–Crippen MR) is 76.7 cm³/mol. The highest BCUT2D eigenvalue weighted by Crippen LogP contribution is 2.37. The van der Waals surface area contributed by atoms with Gasteiger partial charge in [-0.15, -0.1) is 6.42 Å². The predicted octanol–water partition coefficient (Wildman–Crippen LogP) is 2.63. The Kier molecular flexibility index (Phi) is 4.63. The molecule has 0 radical (unpaired) electrons. The highest BCUT2D eigenvalue weighted by molar-refractivity contribution is 6.74. The van der Waals surface area contributed by atoms with E-state index in [1.54, 1.807) is 4.90 Å². The van der Waals surface area contributed by atoms with Crippen molar-refractivity contribution in [2.45, 2.75) is 57.8 Å². The molecule has 1 amide bonds. The van der Waals surface area contributed by atoms with E-state index in [1.165, 1.54) is 0 Å². The molecule has 1 unspecified atom stereocenters. The number of carbonyl (C=O) groups is 1. The van der Waals surface area contributed by atoms with Crippen LogP contribution in [0.5, 0.6) is 0 Å². The first kappa shape index (κ1) is 15.3. The van der Waals surface area contributed by atoms with E-state index in [0.717, 1.165) is 6.42 Å². The van der Waals surface area contributed by atoms with E-state index in [-0.39, 0.29) is 17.0 Å². The lowest BCUT2D eigenvalue weighted by atomic mass is 10.2. The Balaban J connectivity index is 2.59. The number of hydrogen-bond donors (Lipinski definition) is 0. The molecule has 0 aromatic rings. The van der Waals surface area contributed by atoms with Gasteiger partial charge in [-0.05, 0) is 24.6 Å². The van der Waals surface area contributed by atoms with Gasteiger partial charge in [-0.2, -0.15) is 0 Å². The minimum atomic E-state index is -1.74. The van der Waals surface area contributed by atoms with Crippen LogP contribution < -0.4 is 0 Å². The van der Waals surface area contributed by atoms with Gasteiger partial charge in [0.2, 0.25) is 5.91 Å². The zero-order valence-corrected chi connectivity index (χ0v) is 13.2. The fraction of sp³-hybridized carbons (Fsp3) is 0.786.